The Bertz CT molecular complexity index is 630. The summed E-state index contributed by atoms with van der Waals surface area (Å²) in [5, 5.41) is 9.92. The number of rotatable bonds is 4. The average molecular weight is 305 g/mol. The van der Waals surface area contributed by atoms with Gasteiger partial charge in [-0.1, -0.05) is 41.4 Å². The first kappa shape index (κ1) is 14.9. The van der Waals surface area contributed by atoms with Gasteiger partial charge in [-0.05, 0) is 42.4 Å². The van der Waals surface area contributed by atoms with Gasteiger partial charge in [0, 0.05) is 13.1 Å². The van der Waals surface area contributed by atoms with Crippen LogP contribution in [0.2, 0.25) is 10.0 Å². The molecule has 0 aliphatic carbocycles. The summed E-state index contributed by atoms with van der Waals surface area (Å²) >= 11 is 11.9. The zero-order valence-corrected chi connectivity index (χ0v) is 12.6. The van der Waals surface area contributed by atoms with Gasteiger partial charge in [-0.2, -0.15) is 5.26 Å². The molecule has 0 saturated heterocycles. The van der Waals surface area contributed by atoms with Gasteiger partial charge in [-0.3, -0.25) is 4.90 Å². The summed E-state index contributed by atoms with van der Waals surface area (Å²) < 4.78 is 0. The zero-order chi connectivity index (χ0) is 14.5. The van der Waals surface area contributed by atoms with Crippen molar-refractivity contribution in [3.63, 3.8) is 0 Å². The second-order valence-electron chi connectivity index (χ2n) is 4.73. The van der Waals surface area contributed by atoms with Crippen molar-refractivity contribution in [3.05, 3.63) is 69.2 Å². The largest absolute Gasteiger partial charge is 0.298 e. The van der Waals surface area contributed by atoms with E-state index in [4.69, 9.17) is 28.5 Å². The van der Waals surface area contributed by atoms with Crippen LogP contribution in [0.4, 0.5) is 0 Å². The molecule has 0 radical (unpaired) electrons. The van der Waals surface area contributed by atoms with Crippen LogP contribution in [0.3, 0.4) is 0 Å². The highest BCUT2D eigenvalue weighted by molar-refractivity contribution is 6.42. The summed E-state index contributed by atoms with van der Waals surface area (Å²) in [7, 11) is 2.04. The van der Waals surface area contributed by atoms with Crippen molar-refractivity contribution in [1.29, 1.82) is 5.26 Å². The Hall–Kier alpha value is -1.53. The van der Waals surface area contributed by atoms with Crippen LogP contribution in [0.15, 0.2) is 42.5 Å². The van der Waals surface area contributed by atoms with Gasteiger partial charge in [-0.25, -0.2) is 0 Å². The third-order valence-corrected chi connectivity index (χ3v) is 3.71. The van der Waals surface area contributed by atoms with E-state index in [0.29, 0.717) is 15.6 Å². The van der Waals surface area contributed by atoms with Crippen molar-refractivity contribution in [2.24, 2.45) is 0 Å². The first-order valence-corrected chi connectivity index (χ1v) is 6.95. The fraction of sp³-hybridized carbons (Fsp3) is 0.188. The fourth-order valence-corrected chi connectivity index (χ4v) is 2.32. The molecule has 2 aromatic carbocycles. The summed E-state index contributed by atoms with van der Waals surface area (Å²) in [6.45, 7) is 1.60. The number of benzene rings is 2. The highest BCUT2D eigenvalue weighted by Crippen LogP contribution is 2.23. The summed E-state index contributed by atoms with van der Waals surface area (Å²) in [6, 6.07) is 15.4. The highest BCUT2D eigenvalue weighted by atomic mass is 35.5. The van der Waals surface area contributed by atoms with Crippen molar-refractivity contribution in [2.75, 3.05) is 7.05 Å². The van der Waals surface area contributed by atoms with E-state index in [1.54, 1.807) is 0 Å². The van der Waals surface area contributed by atoms with E-state index in [1.807, 2.05) is 49.5 Å². The molecule has 0 atom stereocenters. The van der Waals surface area contributed by atoms with E-state index < -0.39 is 0 Å². The van der Waals surface area contributed by atoms with Crippen LogP contribution in [0.5, 0.6) is 0 Å². The van der Waals surface area contributed by atoms with Gasteiger partial charge in [0.1, 0.15) is 0 Å². The number of nitrogens with zero attached hydrogens (tertiary/aromatic N) is 2. The summed E-state index contributed by atoms with van der Waals surface area (Å²) in [5.41, 5.74) is 2.97. The molecule has 4 heteroatoms. The molecule has 0 fully saturated rings. The Morgan fingerprint density at radius 3 is 2.15 bits per heavy atom. The highest BCUT2D eigenvalue weighted by Gasteiger charge is 2.04. The fourth-order valence-electron chi connectivity index (χ4n) is 2.00. The minimum atomic E-state index is 0.574. The van der Waals surface area contributed by atoms with Crippen LogP contribution in [-0.4, -0.2) is 11.9 Å². The molecule has 0 heterocycles. The van der Waals surface area contributed by atoms with Gasteiger partial charge in [0.25, 0.3) is 0 Å². The lowest BCUT2D eigenvalue weighted by Gasteiger charge is -2.17. The lowest BCUT2D eigenvalue weighted by Crippen LogP contribution is -2.17. The number of nitriles is 1. The molecule has 20 heavy (non-hydrogen) atoms. The zero-order valence-electron chi connectivity index (χ0n) is 11.1. The van der Waals surface area contributed by atoms with Gasteiger partial charge in [0.2, 0.25) is 0 Å². The van der Waals surface area contributed by atoms with E-state index in [0.717, 1.165) is 18.7 Å². The molecule has 0 aliphatic rings. The van der Waals surface area contributed by atoms with Crippen molar-refractivity contribution < 1.29 is 0 Å². The molecule has 0 unspecified atom stereocenters. The summed E-state index contributed by atoms with van der Waals surface area (Å²) in [6.07, 6.45) is 0. The van der Waals surface area contributed by atoms with Crippen LogP contribution in [-0.2, 0) is 13.1 Å². The normalized spacial score (nSPS) is 10.6. The molecule has 2 aromatic rings. The van der Waals surface area contributed by atoms with E-state index in [1.165, 1.54) is 5.56 Å². The Morgan fingerprint density at radius 2 is 1.55 bits per heavy atom. The van der Waals surface area contributed by atoms with Crippen LogP contribution in [0.1, 0.15) is 16.7 Å². The van der Waals surface area contributed by atoms with Gasteiger partial charge in [0.05, 0.1) is 21.7 Å². The topological polar surface area (TPSA) is 27.0 Å². The SMILES string of the molecule is CN(Cc1ccc(C#N)cc1)Cc1ccc(Cl)c(Cl)c1. The third kappa shape index (κ3) is 3.98. The maximum absolute atomic E-state index is 8.77. The molecule has 0 spiro atoms. The predicted molar refractivity (Wildman–Crippen MR) is 82.8 cm³/mol. The number of hydrogen-bond donors (Lipinski definition) is 0. The van der Waals surface area contributed by atoms with Crippen LogP contribution < -0.4 is 0 Å². The standard InChI is InChI=1S/C16H14Cl2N2/c1-20(10-13-4-2-12(9-19)3-5-13)11-14-6-7-15(17)16(18)8-14/h2-8H,10-11H2,1H3. The second-order valence-corrected chi connectivity index (χ2v) is 5.54. The second kappa shape index (κ2) is 6.76. The first-order chi connectivity index (χ1) is 9.58. The van der Waals surface area contributed by atoms with Gasteiger partial charge >= 0.3 is 0 Å². The maximum Gasteiger partial charge on any atom is 0.0991 e. The summed E-state index contributed by atoms with van der Waals surface area (Å²) in [4.78, 5) is 2.18. The summed E-state index contributed by atoms with van der Waals surface area (Å²) in [5.74, 6) is 0. The molecular weight excluding hydrogens is 291 g/mol. The van der Waals surface area contributed by atoms with E-state index in [2.05, 4.69) is 11.0 Å². The van der Waals surface area contributed by atoms with Crippen molar-refractivity contribution in [3.8, 4) is 6.07 Å². The van der Waals surface area contributed by atoms with Gasteiger partial charge in [0.15, 0.2) is 0 Å². The van der Waals surface area contributed by atoms with Crippen LogP contribution in [0.25, 0.3) is 0 Å². The minimum Gasteiger partial charge on any atom is -0.298 e. The lowest BCUT2D eigenvalue weighted by atomic mass is 10.1. The van der Waals surface area contributed by atoms with Crippen LogP contribution in [0, 0.1) is 11.3 Å². The molecule has 0 aromatic heterocycles. The average Bonchev–Trinajstić information content (AvgIpc) is 2.44. The Labute approximate surface area is 129 Å². The number of halogens is 2. The Balaban J connectivity index is 1.99. The molecule has 2 rings (SSSR count). The van der Waals surface area contributed by atoms with Crippen molar-refractivity contribution >= 4 is 23.2 Å². The lowest BCUT2D eigenvalue weighted by molar-refractivity contribution is 0.319. The monoisotopic (exact) mass is 304 g/mol. The molecule has 0 amide bonds. The Morgan fingerprint density at radius 1 is 0.950 bits per heavy atom. The van der Waals surface area contributed by atoms with Crippen molar-refractivity contribution in [2.45, 2.75) is 13.1 Å². The van der Waals surface area contributed by atoms with Gasteiger partial charge in [-0.15, -0.1) is 0 Å². The van der Waals surface area contributed by atoms with E-state index >= 15 is 0 Å². The maximum atomic E-state index is 8.77. The molecule has 0 N–H and O–H groups in total. The quantitative estimate of drug-likeness (QED) is 0.831. The third-order valence-electron chi connectivity index (χ3n) is 2.97. The van der Waals surface area contributed by atoms with Crippen molar-refractivity contribution in [1.82, 2.24) is 4.90 Å². The van der Waals surface area contributed by atoms with E-state index in [-0.39, 0.29) is 0 Å². The molecule has 0 aliphatic heterocycles. The predicted octanol–water partition coefficient (Wildman–Crippen LogP) is 4.50. The first-order valence-electron chi connectivity index (χ1n) is 6.20. The molecule has 0 bridgehead atoms. The Kier molecular flexibility index (Phi) is 5.03. The van der Waals surface area contributed by atoms with Gasteiger partial charge < -0.3 is 0 Å². The minimum absolute atomic E-state index is 0.574. The smallest absolute Gasteiger partial charge is 0.0991 e. The molecule has 102 valence electrons. The molecule has 2 nitrogen and oxygen atoms in total. The van der Waals surface area contributed by atoms with E-state index in [9.17, 15) is 0 Å². The number of hydrogen-bond acceptors (Lipinski definition) is 2. The molecule has 0 saturated carbocycles. The molecular formula is C16H14Cl2N2. The van der Waals surface area contributed by atoms with Crippen LogP contribution >= 0.6 is 23.2 Å².